The molecule has 0 aromatic carbocycles. The maximum absolute atomic E-state index is 11.4. The van der Waals surface area contributed by atoms with Crippen molar-refractivity contribution in [2.24, 2.45) is 0 Å². The Morgan fingerprint density at radius 3 is 2.28 bits per heavy atom. The van der Waals surface area contributed by atoms with E-state index in [1.54, 1.807) is 21.1 Å². The molecule has 0 radical (unpaired) electrons. The summed E-state index contributed by atoms with van der Waals surface area (Å²) in [5.41, 5.74) is 0. The Bertz CT molecular complexity index is 328. The molecule has 7 heteroatoms. The Hall–Kier alpha value is -1.89. The van der Waals surface area contributed by atoms with E-state index in [-0.39, 0.29) is 25.5 Å². The summed E-state index contributed by atoms with van der Waals surface area (Å²) in [6, 6.07) is -0.577. The molecule has 0 saturated carbocycles. The topological polar surface area (TPSA) is 81.8 Å². The molecule has 0 unspecified atom stereocenters. The van der Waals surface area contributed by atoms with E-state index in [1.165, 1.54) is 15.9 Å². The van der Waals surface area contributed by atoms with Crippen LogP contribution in [0.25, 0.3) is 0 Å². The average molecular weight is 256 g/mol. The third-order valence-electron chi connectivity index (χ3n) is 1.98. The molecule has 7 nitrogen and oxygen atoms in total. The Morgan fingerprint density at radius 2 is 1.78 bits per heavy atom. The highest BCUT2D eigenvalue weighted by Gasteiger charge is 2.13. The van der Waals surface area contributed by atoms with Gasteiger partial charge >= 0.3 is 6.03 Å². The predicted octanol–water partition coefficient (Wildman–Crippen LogP) is -0.982. The number of nitrogens with zero attached hydrogens (tertiary/aromatic N) is 2. The number of carbonyl (C=O) groups excluding carboxylic acids is 3. The Labute approximate surface area is 107 Å². The molecule has 0 spiro atoms. The molecular weight excluding hydrogens is 236 g/mol. The van der Waals surface area contributed by atoms with Crippen LogP contribution in [-0.2, 0) is 9.59 Å². The van der Waals surface area contributed by atoms with Crippen LogP contribution in [0.4, 0.5) is 4.79 Å². The highest BCUT2D eigenvalue weighted by Crippen LogP contribution is 1.86. The number of imide groups is 1. The maximum atomic E-state index is 11.4. The van der Waals surface area contributed by atoms with Crippen molar-refractivity contribution < 1.29 is 14.4 Å². The van der Waals surface area contributed by atoms with Gasteiger partial charge in [0.25, 0.3) is 0 Å². The Morgan fingerprint density at radius 1 is 1.17 bits per heavy atom. The number of hydrogen-bond acceptors (Lipinski definition) is 4. The van der Waals surface area contributed by atoms with E-state index in [0.29, 0.717) is 0 Å². The van der Waals surface area contributed by atoms with Gasteiger partial charge in [0.1, 0.15) is 0 Å². The van der Waals surface area contributed by atoms with E-state index in [9.17, 15) is 14.4 Å². The average Bonchev–Trinajstić information content (AvgIpc) is 2.25. The first-order valence-corrected chi connectivity index (χ1v) is 5.44. The lowest BCUT2D eigenvalue weighted by atomic mass is 10.4. The second-order valence-electron chi connectivity index (χ2n) is 4.01. The minimum atomic E-state index is -0.577. The van der Waals surface area contributed by atoms with Crippen molar-refractivity contribution in [1.29, 1.82) is 0 Å². The minimum absolute atomic E-state index is 0.0267. The van der Waals surface area contributed by atoms with Gasteiger partial charge in [0.2, 0.25) is 11.8 Å². The van der Waals surface area contributed by atoms with Crippen LogP contribution in [0.1, 0.15) is 0 Å². The zero-order valence-electron chi connectivity index (χ0n) is 11.0. The van der Waals surface area contributed by atoms with Crippen LogP contribution in [0.5, 0.6) is 0 Å². The van der Waals surface area contributed by atoms with Crippen molar-refractivity contribution in [2.75, 3.05) is 40.8 Å². The van der Waals surface area contributed by atoms with Crippen molar-refractivity contribution in [2.45, 2.75) is 0 Å². The van der Waals surface area contributed by atoms with E-state index >= 15 is 0 Å². The number of nitrogens with one attached hydrogen (secondary N) is 2. The predicted molar refractivity (Wildman–Crippen MR) is 67.9 cm³/mol. The summed E-state index contributed by atoms with van der Waals surface area (Å²) in [7, 11) is 4.90. The molecule has 0 atom stereocenters. The largest absolute Gasteiger partial charge is 0.348 e. The van der Waals surface area contributed by atoms with Gasteiger partial charge < -0.3 is 10.2 Å². The summed E-state index contributed by atoms with van der Waals surface area (Å²) < 4.78 is 0. The van der Waals surface area contributed by atoms with Gasteiger partial charge in [-0.25, -0.2) is 4.79 Å². The lowest BCUT2D eigenvalue weighted by Crippen LogP contribution is -2.45. The van der Waals surface area contributed by atoms with Gasteiger partial charge in [-0.15, -0.1) is 6.58 Å². The fourth-order valence-corrected chi connectivity index (χ4v) is 1.05. The zero-order chi connectivity index (χ0) is 14.1. The molecule has 0 heterocycles. The minimum Gasteiger partial charge on any atom is -0.348 e. The highest BCUT2D eigenvalue weighted by molar-refractivity contribution is 5.95. The lowest BCUT2D eigenvalue weighted by Gasteiger charge is -2.18. The summed E-state index contributed by atoms with van der Waals surface area (Å²) in [6.45, 7) is 3.81. The van der Waals surface area contributed by atoms with E-state index < -0.39 is 11.9 Å². The second kappa shape index (κ2) is 8.24. The van der Waals surface area contributed by atoms with Gasteiger partial charge in [0.15, 0.2) is 0 Å². The van der Waals surface area contributed by atoms with Gasteiger partial charge in [-0.1, -0.05) is 6.08 Å². The molecule has 0 aliphatic rings. The molecular formula is C11H20N4O3. The number of amides is 4. The number of carbonyl (C=O) groups is 3. The first-order valence-electron chi connectivity index (χ1n) is 5.44. The van der Waals surface area contributed by atoms with Gasteiger partial charge in [-0.2, -0.15) is 0 Å². The molecule has 102 valence electrons. The molecule has 0 aliphatic heterocycles. The van der Waals surface area contributed by atoms with Crippen molar-refractivity contribution in [1.82, 2.24) is 20.4 Å². The quantitative estimate of drug-likeness (QED) is 0.598. The number of likely N-dealkylation sites (N-methyl/N-ethyl adjacent to an activating group) is 2. The van der Waals surface area contributed by atoms with Gasteiger partial charge in [-0.05, 0) is 7.05 Å². The molecule has 0 bridgehead atoms. The fourth-order valence-electron chi connectivity index (χ4n) is 1.05. The van der Waals surface area contributed by atoms with E-state index in [2.05, 4.69) is 17.2 Å². The van der Waals surface area contributed by atoms with E-state index in [4.69, 9.17) is 0 Å². The van der Waals surface area contributed by atoms with Crippen molar-refractivity contribution in [3.63, 3.8) is 0 Å². The molecule has 0 aromatic heterocycles. The monoisotopic (exact) mass is 256 g/mol. The first-order chi connectivity index (χ1) is 8.36. The zero-order valence-corrected chi connectivity index (χ0v) is 11.0. The van der Waals surface area contributed by atoms with Crippen LogP contribution in [0, 0.1) is 0 Å². The lowest BCUT2D eigenvalue weighted by molar-refractivity contribution is -0.130. The SMILES string of the molecule is C=CCNC(=O)NC(=O)CN(C)CC(=O)N(C)C. The van der Waals surface area contributed by atoms with Crippen LogP contribution < -0.4 is 10.6 Å². The maximum Gasteiger partial charge on any atom is 0.321 e. The number of hydrogen-bond donors (Lipinski definition) is 2. The second-order valence-corrected chi connectivity index (χ2v) is 4.01. The normalized spacial score (nSPS) is 9.78. The number of urea groups is 1. The van der Waals surface area contributed by atoms with Crippen LogP contribution >= 0.6 is 0 Å². The van der Waals surface area contributed by atoms with Gasteiger partial charge in [0, 0.05) is 20.6 Å². The third kappa shape index (κ3) is 7.39. The first kappa shape index (κ1) is 16.1. The summed E-state index contributed by atoms with van der Waals surface area (Å²) in [5.74, 6) is -0.577. The van der Waals surface area contributed by atoms with Crippen LogP contribution in [0.2, 0.25) is 0 Å². The molecule has 0 saturated heterocycles. The van der Waals surface area contributed by atoms with Gasteiger partial charge in [-0.3, -0.25) is 19.8 Å². The highest BCUT2D eigenvalue weighted by atomic mass is 16.2. The van der Waals surface area contributed by atoms with Gasteiger partial charge in [0.05, 0.1) is 13.1 Å². The molecule has 18 heavy (non-hydrogen) atoms. The standard InChI is InChI=1S/C11H20N4O3/c1-5-6-12-11(18)13-9(16)7-15(4)8-10(17)14(2)3/h5H,1,6-8H2,2-4H3,(H2,12,13,16,18). The van der Waals surface area contributed by atoms with E-state index in [0.717, 1.165) is 0 Å². The third-order valence-corrected chi connectivity index (χ3v) is 1.98. The molecule has 2 N–H and O–H groups in total. The molecule has 0 rings (SSSR count). The van der Waals surface area contributed by atoms with Crippen molar-refractivity contribution in [3.8, 4) is 0 Å². The van der Waals surface area contributed by atoms with Crippen LogP contribution in [-0.4, -0.2) is 68.4 Å². The Balaban J connectivity index is 3.97. The van der Waals surface area contributed by atoms with E-state index in [1.807, 2.05) is 0 Å². The van der Waals surface area contributed by atoms with Crippen molar-refractivity contribution >= 4 is 17.8 Å². The number of rotatable bonds is 6. The summed E-state index contributed by atoms with van der Waals surface area (Å²) in [5, 5.41) is 4.56. The molecule has 0 fully saturated rings. The summed E-state index contributed by atoms with van der Waals surface area (Å²) in [6.07, 6.45) is 1.51. The smallest absolute Gasteiger partial charge is 0.321 e. The fraction of sp³-hybridized carbons (Fsp3) is 0.545. The van der Waals surface area contributed by atoms with Crippen LogP contribution in [0.3, 0.4) is 0 Å². The molecule has 4 amide bonds. The molecule has 0 aromatic rings. The summed E-state index contributed by atoms with van der Waals surface area (Å²) >= 11 is 0. The molecule has 0 aliphatic carbocycles. The Kier molecular flexibility index (Phi) is 7.37. The van der Waals surface area contributed by atoms with Crippen LogP contribution in [0.15, 0.2) is 12.7 Å². The van der Waals surface area contributed by atoms with Crippen molar-refractivity contribution in [3.05, 3.63) is 12.7 Å². The summed E-state index contributed by atoms with van der Waals surface area (Å²) in [4.78, 5) is 36.9.